The fourth-order valence-corrected chi connectivity index (χ4v) is 4.18. The van der Waals surface area contributed by atoms with Crippen LogP contribution in [0, 0.1) is 17.8 Å². The van der Waals surface area contributed by atoms with Gasteiger partial charge in [0, 0.05) is 6.54 Å². The smallest absolute Gasteiger partial charge is 0.000611 e. The van der Waals surface area contributed by atoms with Crippen LogP contribution in [0.2, 0.25) is 0 Å². The topological polar surface area (TPSA) is 3.24 Å². The molecule has 1 heteroatoms. The molecule has 0 radical (unpaired) electrons. The Morgan fingerprint density at radius 1 is 1.04 bits per heavy atom. The van der Waals surface area contributed by atoms with Crippen LogP contribution >= 0.6 is 0 Å². The predicted molar refractivity (Wildman–Crippen MR) is 105 cm³/mol. The number of allylic oxidation sites excluding steroid dienone is 2. The van der Waals surface area contributed by atoms with Crippen molar-refractivity contribution in [2.75, 3.05) is 20.6 Å². The molecule has 0 N–H and O–H groups in total. The number of hydrogen-bond acceptors (Lipinski definition) is 1. The normalized spacial score (nSPS) is 23.1. The first-order valence-electron chi connectivity index (χ1n) is 10.3. The minimum Gasteiger partial charge on any atom is -0.309 e. The van der Waals surface area contributed by atoms with Crippen molar-refractivity contribution in [2.45, 2.75) is 91.4 Å². The van der Waals surface area contributed by atoms with E-state index in [-0.39, 0.29) is 0 Å². The van der Waals surface area contributed by atoms with Gasteiger partial charge in [-0.05, 0) is 71.4 Å². The van der Waals surface area contributed by atoms with Crippen molar-refractivity contribution < 1.29 is 0 Å². The molecule has 0 aromatic rings. The Hall–Kier alpha value is -0.300. The molecule has 1 fully saturated rings. The molecule has 136 valence electrons. The molecule has 0 heterocycles. The number of unbranched alkanes of at least 4 members (excludes halogenated alkanes) is 5. The second kappa shape index (κ2) is 12.1. The fourth-order valence-electron chi connectivity index (χ4n) is 4.18. The zero-order chi connectivity index (χ0) is 17.1. The molecule has 0 bridgehead atoms. The first-order chi connectivity index (χ1) is 11.1. The molecular weight excluding hydrogens is 278 g/mol. The van der Waals surface area contributed by atoms with Crippen LogP contribution in [0.4, 0.5) is 0 Å². The van der Waals surface area contributed by atoms with Crippen molar-refractivity contribution >= 4 is 0 Å². The largest absolute Gasteiger partial charge is 0.309 e. The molecule has 1 aliphatic carbocycles. The van der Waals surface area contributed by atoms with Gasteiger partial charge in [-0.25, -0.2) is 0 Å². The van der Waals surface area contributed by atoms with E-state index in [0.29, 0.717) is 0 Å². The van der Waals surface area contributed by atoms with Crippen LogP contribution in [-0.2, 0) is 0 Å². The highest BCUT2D eigenvalue weighted by molar-refractivity contribution is 4.94. The molecule has 1 unspecified atom stereocenters. The lowest BCUT2D eigenvalue weighted by Crippen LogP contribution is -2.35. The van der Waals surface area contributed by atoms with E-state index < -0.39 is 0 Å². The number of nitrogens with zero attached hydrogens (tertiary/aromatic N) is 1. The van der Waals surface area contributed by atoms with Gasteiger partial charge in [0.25, 0.3) is 0 Å². The Kier molecular flexibility index (Phi) is 10.9. The Labute approximate surface area is 146 Å². The summed E-state index contributed by atoms with van der Waals surface area (Å²) in [6, 6.07) is 0. The zero-order valence-electron chi connectivity index (χ0n) is 16.7. The van der Waals surface area contributed by atoms with Gasteiger partial charge in [0.2, 0.25) is 0 Å². The highest BCUT2D eigenvalue weighted by Gasteiger charge is 2.33. The molecule has 1 nitrogen and oxygen atoms in total. The molecule has 0 aliphatic heterocycles. The highest BCUT2D eigenvalue weighted by Crippen LogP contribution is 2.42. The van der Waals surface area contributed by atoms with E-state index in [2.05, 4.69) is 45.8 Å². The van der Waals surface area contributed by atoms with Crippen molar-refractivity contribution in [1.29, 1.82) is 0 Å². The van der Waals surface area contributed by atoms with Crippen LogP contribution in [0.25, 0.3) is 0 Å². The van der Waals surface area contributed by atoms with Crippen molar-refractivity contribution in [1.82, 2.24) is 4.90 Å². The van der Waals surface area contributed by atoms with Gasteiger partial charge < -0.3 is 4.90 Å². The quantitative estimate of drug-likeness (QED) is 0.270. The minimum absolute atomic E-state index is 0.946. The first-order valence-corrected chi connectivity index (χ1v) is 10.3. The van der Waals surface area contributed by atoms with Crippen molar-refractivity contribution in [3.05, 3.63) is 11.6 Å². The van der Waals surface area contributed by atoms with E-state index in [0.717, 1.165) is 17.8 Å². The summed E-state index contributed by atoms with van der Waals surface area (Å²) in [5.74, 6) is 3.04. The monoisotopic (exact) mass is 321 g/mol. The predicted octanol–water partition coefficient (Wildman–Crippen LogP) is 6.69. The lowest BCUT2D eigenvalue weighted by atomic mass is 9.66. The van der Waals surface area contributed by atoms with Crippen LogP contribution in [0.3, 0.4) is 0 Å². The van der Waals surface area contributed by atoms with Gasteiger partial charge in [-0.1, -0.05) is 63.5 Å². The third-order valence-electron chi connectivity index (χ3n) is 5.99. The number of rotatable bonds is 13. The molecule has 1 rings (SSSR count). The van der Waals surface area contributed by atoms with Crippen LogP contribution in [0.15, 0.2) is 11.6 Å². The summed E-state index contributed by atoms with van der Waals surface area (Å²) in [6.45, 7) is 8.08. The molecule has 0 saturated heterocycles. The van der Waals surface area contributed by atoms with Gasteiger partial charge in [-0.3, -0.25) is 0 Å². The lowest BCUT2D eigenvalue weighted by molar-refractivity contribution is 0.0933. The highest BCUT2D eigenvalue weighted by atomic mass is 15.1. The van der Waals surface area contributed by atoms with Crippen LogP contribution < -0.4 is 0 Å². The molecule has 0 aromatic carbocycles. The Balaban J connectivity index is 1.93. The SMILES string of the molecule is CC=C(C)CCCCCCCCC1CC(C(CC)CN(C)C)C1. The molecule has 1 aliphatic rings. The summed E-state index contributed by atoms with van der Waals surface area (Å²) in [7, 11) is 4.44. The van der Waals surface area contributed by atoms with E-state index in [4.69, 9.17) is 0 Å². The number of hydrogen-bond donors (Lipinski definition) is 0. The van der Waals surface area contributed by atoms with Gasteiger partial charge in [-0.2, -0.15) is 0 Å². The van der Waals surface area contributed by atoms with E-state index in [1.165, 1.54) is 77.2 Å². The maximum Gasteiger partial charge on any atom is 0.000611 e. The summed E-state index contributed by atoms with van der Waals surface area (Å²) in [4.78, 5) is 2.37. The molecule has 0 aromatic heterocycles. The van der Waals surface area contributed by atoms with Gasteiger partial charge in [0.15, 0.2) is 0 Å². The van der Waals surface area contributed by atoms with E-state index in [1.54, 1.807) is 5.57 Å². The fraction of sp³-hybridized carbons (Fsp3) is 0.909. The van der Waals surface area contributed by atoms with E-state index in [1.807, 2.05) is 0 Å². The minimum atomic E-state index is 0.946. The average Bonchev–Trinajstić information content (AvgIpc) is 2.49. The Morgan fingerprint density at radius 3 is 2.22 bits per heavy atom. The summed E-state index contributed by atoms with van der Waals surface area (Å²) in [5.41, 5.74) is 1.56. The maximum absolute atomic E-state index is 2.37. The molecule has 1 saturated carbocycles. The standard InChI is InChI=1S/C22H43N/c1-6-19(3)14-12-10-8-9-11-13-15-20-16-22(17-20)21(7-2)18-23(4)5/h6,20-22H,7-18H2,1-5H3. The van der Waals surface area contributed by atoms with Crippen molar-refractivity contribution in [3.8, 4) is 0 Å². The van der Waals surface area contributed by atoms with Crippen molar-refractivity contribution in [3.63, 3.8) is 0 Å². The molecular formula is C22H43N. The summed E-state index contributed by atoms with van der Waals surface area (Å²) in [6.07, 6.45) is 18.2. The molecule has 23 heavy (non-hydrogen) atoms. The maximum atomic E-state index is 2.37. The van der Waals surface area contributed by atoms with Crippen LogP contribution in [0.5, 0.6) is 0 Å². The van der Waals surface area contributed by atoms with Gasteiger partial charge in [-0.15, -0.1) is 0 Å². The molecule has 0 amide bonds. The lowest BCUT2D eigenvalue weighted by Gasteiger charge is -2.41. The molecule has 1 atom stereocenters. The van der Waals surface area contributed by atoms with Crippen molar-refractivity contribution in [2.24, 2.45) is 17.8 Å². The van der Waals surface area contributed by atoms with Gasteiger partial charge in [0.1, 0.15) is 0 Å². The van der Waals surface area contributed by atoms with Crippen LogP contribution in [-0.4, -0.2) is 25.5 Å². The van der Waals surface area contributed by atoms with E-state index in [9.17, 15) is 0 Å². The average molecular weight is 322 g/mol. The molecule has 0 spiro atoms. The third kappa shape index (κ3) is 8.94. The summed E-state index contributed by atoms with van der Waals surface area (Å²) >= 11 is 0. The van der Waals surface area contributed by atoms with Crippen LogP contribution in [0.1, 0.15) is 91.4 Å². The third-order valence-corrected chi connectivity index (χ3v) is 5.99. The second-order valence-corrected chi connectivity index (χ2v) is 8.32. The second-order valence-electron chi connectivity index (χ2n) is 8.32. The summed E-state index contributed by atoms with van der Waals surface area (Å²) < 4.78 is 0. The Bertz CT molecular complexity index is 312. The summed E-state index contributed by atoms with van der Waals surface area (Å²) in [5, 5.41) is 0. The van der Waals surface area contributed by atoms with E-state index >= 15 is 0 Å². The Morgan fingerprint density at radius 2 is 1.65 bits per heavy atom. The van der Waals surface area contributed by atoms with Gasteiger partial charge in [0.05, 0.1) is 0 Å². The zero-order valence-corrected chi connectivity index (χ0v) is 16.7. The first kappa shape index (κ1) is 20.7. The van der Waals surface area contributed by atoms with Gasteiger partial charge >= 0.3 is 0 Å².